The standard InChI is InChI=1S/C27H47NO/c1-2-3-4-5-6-7-8-9-10-11-12-13-14-18-21-27(25-28-22-23-29-27)24-26-19-16-15-17-20-26/h15-17,19-20,28H,2-14,18,21-25H2,1H3. The molecule has 1 unspecified atom stereocenters. The molecule has 0 aliphatic carbocycles. The molecule has 1 saturated heterocycles. The van der Waals surface area contributed by atoms with Gasteiger partial charge in [-0.1, -0.05) is 127 Å². The van der Waals surface area contributed by atoms with E-state index in [2.05, 4.69) is 42.6 Å². The Labute approximate surface area is 181 Å². The van der Waals surface area contributed by atoms with Gasteiger partial charge in [0, 0.05) is 19.5 Å². The number of nitrogens with one attached hydrogen (secondary N) is 1. The van der Waals surface area contributed by atoms with Crippen LogP contribution in [0.5, 0.6) is 0 Å². The molecule has 1 aromatic rings. The number of hydrogen-bond donors (Lipinski definition) is 1. The van der Waals surface area contributed by atoms with Crippen molar-refractivity contribution in [3.05, 3.63) is 35.9 Å². The van der Waals surface area contributed by atoms with Crippen LogP contribution in [0.3, 0.4) is 0 Å². The highest BCUT2D eigenvalue weighted by Gasteiger charge is 2.32. The molecule has 166 valence electrons. The fourth-order valence-corrected chi connectivity index (χ4v) is 4.68. The van der Waals surface area contributed by atoms with Gasteiger partial charge in [-0.3, -0.25) is 0 Å². The van der Waals surface area contributed by atoms with Crippen molar-refractivity contribution in [3.8, 4) is 0 Å². The van der Waals surface area contributed by atoms with Crippen molar-refractivity contribution in [2.45, 2.75) is 115 Å². The molecule has 1 aliphatic rings. The molecule has 0 bridgehead atoms. The number of morpholine rings is 1. The van der Waals surface area contributed by atoms with Crippen molar-refractivity contribution >= 4 is 0 Å². The van der Waals surface area contributed by atoms with Crippen molar-refractivity contribution < 1.29 is 4.74 Å². The molecule has 1 aliphatic heterocycles. The van der Waals surface area contributed by atoms with E-state index in [-0.39, 0.29) is 5.60 Å². The summed E-state index contributed by atoms with van der Waals surface area (Å²) in [5, 5.41) is 3.57. The van der Waals surface area contributed by atoms with E-state index in [4.69, 9.17) is 4.74 Å². The first kappa shape index (κ1) is 24.4. The molecule has 2 heteroatoms. The van der Waals surface area contributed by atoms with Gasteiger partial charge in [0.15, 0.2) is 0 Å². The van der Waals surface area contributed by atoms with Crippen LogP contribution in [0.25, 0.3) is 0 Å². The van der Waals surface area contributed by atoms with Gasteiger partial charge in [-0.05, 0) is 12.0 Å². The van der Waals surface area contributed by atoms with Crippen molar-refractivity contribution in [1.29, 1.82) is 0 Å². The monoisotopic (exact) mass is 401 g/mol. The van der Waals surface area contributed by atoms with Crippen LogP contribution in [0, 0.1) is 0 Å². The Morgan fingerprint density at radius 1 is 0.759 bits per heavy atom. The molecule has 29 heavy (non-hydrogen) atoms. The lowest BCUT2D eigenvalue weighted by Gasteiger charge is -2.38. The Kier molecular flexibility index (Phi) is 13.4. The van der Waals surface area contributed by atoms with Gasteiger partial charge in [-0.15, -0.1) is 0 Å². The van der Waals surface area contributed by atoms with Gasteiger partial charge in [0.25, 0.3) is 0 Å². The molecule has 1 aromatic carbocycles. The van der Waals surface area contributed by atoms with E-state index in [1.54, 1.807) is 0 Å². The third-order valence-electron chi connectivity index (χ3n) is 6.49. The van der Waals surface area contributed by atoms with E-state index in [1.807, 2.05) is 0 Å². The topological polar surface area (TPSA) is 21.3 Å². The zero-order chi connectivity index (χ0) is 20.5. The highest BCUT2D eigenvalue weighted by atomic mass is 16.5. The fourth-order valence-electron chi connectivity index (χ4n) is 4.68. The van der Waals surface area contributed by atoms with Crippen LogP contribution in [-0.4, -0.2) is 25.3 Å². The maximum Gasteiger partial charge on any atom is 0.0847 e. The van der Waals surface area contributed by atoms with Gasteiger partial charge in [0.05, 0.1) is 12.2 Å². The van der Waals surface area contributed by atoms with E-state index in [9.17, 15) is 0 Å². The van der Waals surface area contributed by atoms with E-state index >= 15 is 0 Å². The molecular formula is C27H47NO. The number of unbranched alkanes of at least 4 members (excludes halogenated alkanes) is 13. The average molecular weight is 402 g/mol. The van der Waals surface area contributed by atoms with Crippen LogP contribution < -0.4 is 5.32 Å². The summed E-state index contributed by atoms with van der Waals surface area (Å²) in [6, 6.07) is 10.9. The molecule has 0 spiro atoms. The summed E-state index contributed by atoms with van der Waals surface area (Å²) in [5.74, 6) is 0. The summed E-state index contributed by atoms with van der Waals surface area (Å²) in [5.41, 5.74) is 1.41. The largest absolute Gasteiger partial charge is 0.372 e. The Morgan fingerprint density at radius 3 is 1.83 bits per heavy atom. The van der Waals surface area contributed by atoms with Crippen LogP contribution in [0.1, 0.15) is 109 Å². The van der Waals surface area contributed by atoms with Gasteiger partial charge in [0.1, 0.15) is 0 Å². The minimum atomic E-state index is 0.0106. The van der Waals surface area contributed by atoms with E-state index < -0.39 is 0 Å². The molecule has 1 heterocycles. The van der Waals surface area contributed by atoms with E-state index in [1.165, 1.54) is 102 Å². The molecule has 2 nitrogen and oxygen atoms in total. The number of ether oxygens (including phenoxy) is 1. The third-order valence-corrected chi connectivity index (χ3v) is 6.49. The molecule has 1 atom stereocenters. The first-order valence-electron chi connectivity index (χ1n) is 12.7. The van der Waals surface area contributed by atoms with E-state index in [0.29, 0.717) is 0 Å². The lowest BCUT2D eigenvalue weighted by molar-refractivity contribution is -0.0720. The van der Waals surface area contributed by atoms with Crippen LogP contribution in [0.15, 0.2) is 30.3 Å². The second-order valence-electron chi connectivity index (χ2n) is 9.22. The molecular weight excluding hydrogens is 354 g/mol. The fraction of sp³-hybridized carbons (Fsp3) is 0.778. The van der Waals surface area contributed by atoms with Gasteiger partial charge < -0.3 is 10.1 Å². The maximum absolute atomic E-state index is 6.32. The molecule has 0 saturated carbocycles. The van der Waals surface area contributed by atoms with Crippen molar-refractivity contribution in [2.24, 2.45) is 0 Å². The zero-order valence-electron chi connectivity index (χ0n) is 19.2. The quantitative estimate of drug-likeness (QED) is 0.273. The van der Waals surface area contributed by atoms with Crippen LogP contribution in [-0.2, 0) is 11.2 Å². The zero-order valence-corrected chi connectivity index (χ0v) is 19.2. The second-order valence-corrected chi connectivity index (χ2v) is 9.22. The Balaban J connectivity index is 1.48. The Hall–Kier alpha value is -0.860. The normalized spacial score (nSPS) is 19.5. The van der Waals surface area contributed by atoms with Gasteiger partial charge >= 0.3 is 0 Å². The first-order valence-corrected chi connectivity index (χ1v) is 12.7. The summed E-state index contributed by atoms with van der Waals surface area (Å²) < 4.78 is 6.32. The number of benzene rings is 1. The Morgan fingerprint density at radius 2 is 1.31 bits per heavy atom. The summed E-state index contributed by atoms with van der Waals surface area (Å²) in [6.45, 7) is 5.14. The van der Waals surface area contributed by atoms with Crippen molar-refractivity contribution in [1.82, 2.24) is 5.32 Å². The molecule has 0 aromatic heterocycles. The number of hydrogen-bond acceptors (Lipinski definition) is 2. The minimum Gasteiger partial charge on any atom is -0.372 e. The molecule has 0 radical (unpaired) electrons. The molecule has 1 N–H and O–H groups in total. The van der Waals surface area contributed by atoms with Crippen molar-refractivity contribution in [3.63, 3.8) is 0 Å². The minimum absolute atomic E-state index is 0.0106. The van der Waals surface area contributed by atoms with Crippen LogP contribution in [0.2, 0.25) is 0 Å². The highest BCUT2D eigenvalue weighted by Crippen LogP contribution is 2.26. The van der Waals surface area contributed by atoms with Gasteiger partial charge in [0.2, 0.25) is 0 Å². The third kappa shape index (κ3) is 11.2. The predicted octanol–water partition coefficient (Wildman–Crippen LogP) is 7.46. The highest BCUT2D eigenvalue weighted by molar-refractivity contribution is 5.17. The summed E-state index contributed by atoms with van der Waals surface area (Å²) in [6.07, 6.45) is 22.1. The summed E-state index contributed by atoms with van der Waals surface area (Å²) in [4.78, 5) is 0. The summed E-state index contributed by atoms with van der Waals surface area (Å²) in [7, 11) is 0. The molecule has 0 amide bonds. The molecule has 2 rings (SSSR count). The SMILES string of the molecule is CCCCCCCCCCCCCCCCC1(Cc2ccccc2)CNCCO1. The first-order chi connectivity index (χ1) is 14.3. The lowest BCUT2D eigenvalue weighted by Crippen LogP contribution is -2.51. The average Bonchev–Trinajstić information content (AvgIpc) is 2.75. The lowest BCUT2D eigenvalue weighted by atomic mass is 9.87. The van der Waals surface area contributed by atoms with Crippen LogP contribution >= 0.6 is 0 Å². The Bertz CT molecular complexity index is 481. The smallest absolute Gasteiger partial charge is 0.0847 e. The van der Waals surface area contributed by atoms with Crippen LogP contribution in [0.4, 0.5) is 0 Å². The maximum atomic E-state index is 6.32. The number of rotatable bonds is 17. The van der Waals surface area contributed by atoms with Gasteiger partial charge in [-0.25, -0.2) is 0 Å². The van der Waals surface area contributed by atoms with Gasteiger partial charge in [-0.2, -0.15) is 0 Å². The summed E-state index contributed by atoms with van der Waals surface area (Å²) >= 11 is 0. The molecule has 1 fully saturated rings. The van der Waals surface area contributed by atoms with E-state index in [0.717, 1.165) is 26.1 Å². The predicted molar refractivity (Wildman–Crippen MR) is 127 cm³/mol. The second kappa shape index (κ2) is 15.9. The van der Waals surface area contributed by atoms with Crippen molar-refractivity contribution in [2.75, 3.05) is 19.7 Å².